The monoisotopic (exact) mass is 346 g/mol. The highest BCUT2D eigenvalue weighted by molar-refractivity contribution is 6.39. The first-order valence-corrected chi connectivity index (χ1v) is 7.56. The lowest BCUT2D eigenvalue weighted by Gasteiger charge is -2.25. The lowest BCUT2D eigenvalue weighted by atomic mass is 9.98. The van der Waals surface area contributed by atoms with Crippen molar-refractivity contribution in [1.82, 2.24) is 5.32 Å². The maximum Gasteiger partial charge on any atom is 0.393 e. The Morgan fingerprint density at radius 3 is 2.29 bits per heavy atom. The average molecular weight is 346 g/mol. The molecule has 5 nitrogen and oxygen atoms in total. The van der Waals surface area contributed by atoms with Crippen LogP contribution in [0.15, 0.2) is 24.3 Å². The van der Waals surface area contributed by atoms with Crippen LogP contribution in [0.3, 0.4) is 0 Å². The molecule has 0 spiro atoms. The van der Waals surface area contributed by atoms with Gasteiger partial charge in [-0.1, -0.05) is 26.0 Å². The molecule has 0 aromatic heterocycles. The van der Waals surface area contributed by atoms with Crippen LogP contribution in [-0.2, 0) is 16.0 Å². The third kappa shape index (κ3) is 6.57. The van der Waals surface area contributed by atoms with Gasteiger partial charge in [0.25, 0.3) is 0 Å². The standard InChI is InChI=1S/C16H21F3N2O3/c1-3-15(24,4-2)10-20-13(22)14(23)21-12-7-5-6-11(8-12)9-16(17,18)19/h5-8,24H,3-4,9-10H2,1-2H3,(H,20,22)(H,21,23). The summed E-state index contributed by atoms with van der Waals surface area (Å²) in [4.78, 5) is 23.5. The van der Waals surface area contributed by atoms with Gasteiger partial charge in [0, 0.05) is 12.2 Å². The molecule has 0 atom stereocenters. The number of carbonyl (C=O) groups is 2. The predicted molar refractivity (Wildman–Crippen MR) is 83.4 cm³/mol. The van der Waals surface area contributed by atoms with E-state index in [0.29, 0.717) is 12.8 Å². The number of anilines is 1. The Hall–Kier alpha value is -2.09. The fourth-order valence-corrected chi connectivity index (χ4v) is 2.00. The van der Waals surface area contributed by atoms with Crippen LogP contribution in [0.5, 0.6) is 0 Å². The van der Waals surface area contributed by atoms with Crippen molar-refractivity contribution in [3.8, 4) is 0 Å². The molecule has 1 aromatic carbocycles. The van der Waals surface area contributed by atoms with Gasteiger partial charge in [-0.3, -0.25) is 9.59 Å². The lowest BCUT2D eigenvalue weighted by Crippen LogP contribution is -2.45. The third-order valence-electron chi connectivity index (χ3n) is 3.69. The van der Waals surface area contributed by atoms with E-state index in [1.54, 1.807) is 13.8 Å². The molecule has 2 amide bonds. The molecule has 8 heteroatoms. The average Bonchev–Trinajstić information content (AvgIpc) is 2.51. The summed E-state index contributed by atoms with van der Waals surface area (Å²) in [6.45, 7) is 3.42. The molecule has 0 radical (unpaired) electrons. The van der Waals surface area contributed by atoms with Crippen LogP contribution in [-0.4, -0.2) is 35.2 Å². The largest absolute Gasteiger partial charge is 0.393 e. The smallest absolute Gasteiger partial charge is 0.388 e. The van der Waals surface area contributed by atoms with E-state index in [1.807, 2.05) is 0 Å². The Morgan fingerprint density at radius 1 is 1.12 bits per heavy atom. The first-order valence-electron chi connectivity index (χ1n) is 7.56. The van der Waals surface area contributed by atoms with Crippen molar-refractivity contribution >= 4 is 17.5 Å². The van der Waals surface area contributed by atoms with Crippen LogP contribution >= 0.6 is 0 Å². The van der Waals surface area contributed by atoms with Crippen molar-refractivity contribution in [3.63, 3.8) is 0 Å². The second kappa shape index (κ2) is 8.14. The zero-order valence-corrected chi connectivity index (χ0v) is 13.5. The zero-order valence-electron chi connectivity index (χ0n) is 13.5. The number of hydrogen-bond acceptors (Lipinski definition) is 3. The minimum atomic E-state index is -4.36. The molecule has 0 aliphatic heterocycles. The highest BCUT2D eigenvalue weighted by Gasteiger charge is 2.28. The van der Waals surface area contributed by atoms with E-state index >= 15 is 0 Å². The molecule has 0 saturated carbocycles. The maximum absolute atomic E-state index is 12.4. The van der Waals surface area contributed by atoms with Crippen molar-refractivity contribution in [1.29, 1.82) is 0 Å². The van der Waals surface area contributed by atoms with Crippen molar-refractivity contribution in [3.05, 3.63) is 29.8 Å². The molecular formula is C16H21F3N2O3. The molecule has 134 valence electrons. The Morgan fingerprint density at radius 2 is 1.75 bits per heavy atom. The van der Waals surface area contributed by atoms with Crippen molar-refractivity contribution in [2.75, 3.05) is 11.9 Å². The van der Waals surface area contributed by atoms with Crippen LogP contribution in [0, 0.1) is 0 Å². The summed E-state index contributed by atoms with van der Waals surface area (Å²) < 4.78 is 37.1. The van der Waals surface area contributed by atoms with Crippen molar-refractivity contribution < 1.29 is 27.9 Å². The number of amides is 2. The van der Waals surface area contributed by atoms with E-state index in [4.69, 9.17) is 0 Å². The van der Waals surface area contributed by atoms with Gasteiger partial charge in [-0.05, 0) is 30.5 Å². The highest BCUT2D eigenvalue weighted by Crippen LogP contribution is 2.22. The van der Waals surface area contributed by atoms with E-state index < -0.39 is 30.0 Å². The molecule has 24 heavy (non-hydrogen) atoms. The van der Waals surface area contributed by atoms with E-state index in [9.17, 15) is 27.9 Å². The van der Waals surface area contributed by atoms with Crippen LogP contribution in [0.4, 0.5) is 18.9 Å². The SMILES string of the molecule is CCC(O)(CC)CNC(=O)C(=O)Nc1cccc(CC(F)(F)F)c1. The number of alkyl halides is 3. The van der Waals surface area contributed by atoms with Crippen LogP contribution in [0.2, 0.25) is 0 Å². The summed E-state index contributed by atoms with van der Waals surface area (Å²) in [7, 11) is 0. The van der Waals surface area contributed by atoms with Gasteiger partial charge in [0.2, 0.25) is 0 Å². The summed E-state index contributed by atoms with van der Waals surface area (Å²) in [6, 6.07) is 5.19. The first kappa shape index (κ1) is 20.0. The Balaban J connectivity index is 2.64. The molecule has 0 aliphatic rings. The molecule has 0 fully saturated rings. The quantitative estimate of drug-likeness (QED) is 0.692. The molecule has 1 rings (SSSR count). The fraction of sp³-hybridized carbons (Fsp3) is 0.500. The van der Waals surface area contributed by atoms with Gasteiger partial charge in [-0.2, -0.15) is 13.2 Å². The zero-order chi connectivity index (χ0) is 18.4. The number of hydrogen-bond donors (Lipinski definition) is 3. The summed E-state index contributed by atoms with van der Waals surface area (Å²) in [5, 5.41) is 14.6. The highest BCUT2D eigenvalue weighted by atomic mass is 19.4. The summed E-state index contributed by atoms with van der Waals surface area (Å²) in [6.07, 6.45) is -4.66. The van der Waals surface area contributed by atoms with Crippen molar-refractivity contribution in [2.24, 2.45) is 0 Å². The number of halogens is 3. The van der Waals surface area contributed by atoms with Crippen LogP contribution in [0.25, 0.3) is 0 Å². The molecule has 3 N–H and O–H groups in total. The number of carbonyl (C=O) groups excluding carboxylic acids is 2. The Kier molecular flexibility index (Phi) is 6.77. The summed E-state index contributed by atoms with van der Waals surface area (Å²) >= 11 is 0. The third-order valence-corrected chi connectivity index (χ3v) is 3.69. The second-order valence-corrected chi connectivity index (χ2v) is 5.56. The minimum Gasteiger partial charge on any atom is -0.388 e. The van der Waals surface area contributed by atoms with E-state index in [2.05, 4.69) is 10.6 Å². The predicted octanol–water partition coefficient (Wildman–Crippen LogP) is 2.40. The fourth-order valence-electron chi connectivity index (χ4n) is 2.00. The molecule has 0 bridgehead atoms. The Labute approximate surface area is 138 Å². The molecule has 1 aromatic rings. The van der Waals surface area contributed by atoms with Gasteiger partial charge in [0.15, 0.2) is 0 Å². The molecular weight excluding hydrogens is 325 g/mol. The van der Waals surface area contributed by atoms with Gasteiger partial charge >= 0.3 is 18.0 Å². The van der Waals surface area contributed by atoms with Crippen LogP contribution in [0.1, 0.15) is 32.3 Å². The second-order valence-electron chi connectivity index (χ2n) is 5.56. The minimum absolute atomic E-state index is 0.0213. The maximum atomic E-state index is 12.4. The van der Waals surface area contributed by atoms with E-state index in [0.717, 1.165) is 6.07 Å². The molecule has 0 heterocycles. The van der Waals surface area contributed by atoms with Gasteiger partial charge in [-0.25, -0.2) is 0 Å². The van der Waals surface area contributed by atoms with Gasteiger partial charge in [0.1, 0.15) is 0 Å². The van der Waals surface area contributed by atoms with Crippen molar-refractivity contribution in [2.45, 2.75) is 44.9 Å². The number of rotatable bonds is 6. The van der Waals surface area contributed by atoms with Crippen LogP contribution < -0.4 is 10.6 Å². The topological polar surface area (TPSA) is 78.4 Å². The summed E-state index contributed by atoms with van der Waals surface area (Å²) in [5.41, 5.74) is -1.02. The Bertz CT molecular complexity index is 584. The van der Waals surface area contributed by atoms with Gasteiger partial charge in [0.05, 0.1) is 12.0 Å². The van der Waals surface area contributed by atoms with Gasteiger partial charge < -0.3 is 15.7 Å². The normalized spacial score (nSPS) is 11.9. The van der Waals surface area contributed by atoms with E-state index in [-0.39, 0.29) is 17.8 Å². The van der Waals surface area contributed by atoms with Gasteiger partial charge in [-0.15, -0.1) is 0 Å². The number of nitrogens with one attached hydrogen (secondary N) is 2. The summed E-state index contributed by atoms with van der Waals surface area (Å²) in [5.74, 6) is -1.97. The van der Waals surface area contributed by atoms with E-state index in [1.165, 1.54) is 18.2 Å². The number of aliphatic hydroxyl groups is 1. The first-order chi connectivity index (χ1) is 11.1. The molecule has 0 saturated heterocycles. The lowest BCUT2D eigenvalue weighted by molar-refractivity contribution is -0.136. The number of benzene rings is 1. The molecule has 0 unspecified atom stereocenters. The molecule has 0 aliphatic carbocycles.